The van der Waals surface area contributed by atoms with E-state index in [-0.39, 0.29) is 0 Å². The summed E-state index contributed by atoms with van der Waals surface area (Å²) >= 11 is 0. The number of aromatic amines is 1. The minimum absolute atomic E-state index is 0.557. The number of benzene rings is 3. The number of nitrogens with two attached hydrogens (primary N) is 1. The maximum absolute atomic E-state index is 6.13. The maximum atomic E-state index is 6.13. The van der Waals surface area contributed by atoms with Crippen LogP contribution in [-0.2, 0) is 0 Å². The normalized spacial score (nSPS) is 10.8. The Morgan fingerprint density at radius 3 is 2.23 bits per heavy atom. The first-order chi connectivity index (χ1) is 14.5. The van der Waals surface area contributed by atoms with Gasteiger partial charge in [-0.1, -0.05) is 30.3 Å². The Labute approximate surface area is 175 Å². The van der Waals surface area contributed by atoms with Gasteiger partial charge in [0.15, 0.2) is 11.5 Å². The Balaban J connectivity index is 1.74. The molecule has 0 atom stereocenters. The van der Waals surface area contributed by atoms with Gasteiger partial charge in [-0.05, 0) is 30.2 Å². The monoisotopic (exact) mass is 403 g/mol. The van der Waals surface area contributed by atoms with Gasteiger partial charge in [0.2, 0.25) is 5.75 Å². The van der Waals surface area contributed by atoms with Gasteiger partial charge in [0, 0.05) is 34.5 Å². The molecule has 0 aliphatic heterocycles. The summed E-state index contributed by atoms with van der Waals surface area (Å²) in [4.78, 5) is 3.48. The number of aromatic nitrogens is 1. The summed E-state index contributed by atoms with van der Waals surface area (Å²) in [7, 11) is 4.79. The fourth-order valence-electron chi connectivity index (χ4n) is 3.58. The lowest BCUT2D eigenvalue weighted by Crippen LogP contribution is -1.98. The zero-order valence-electron chi connectivity index (χ0n) is 17.5. The Kier molecular flexibility index (Phi) is 5.14. The summed E-state index contributed by atoms with van der Waals surface area (Å²) in [5, 5.41) is 4.50. The van der Waals surface area contributed by atoms with Crippen molar-refractivity contribution in [2.45, 2.75) is 6.92 Å². The molecule has 0 saturated carbocycles. The molecule has 1 aromatic heterocycles. The first-order valence-corrected chi connectivity index (χ1v) is 9.59. The smallest absolute Gasteiger partial charge is 0.203 e. The fourth-order valence-corrected chi connectivity index (χ4v) is 3.58. The third-order valence-corrected chi connectivity index (χ3v) is 5.19. The van der Waals surface area contributed by atoms with Crippen LogP contribution in [-0.4, -0.2) is 26.3 Å². The number of ether oxygens (including phenoxy) is 3. The second kappa shape index (κ2) is 7.91. The highest BCUT2D eigenvalue weighted by molar-refractivity contribution is 5.97. The van der Waals surface area contributed by atoms with E-state index in [9.17, 15) is 0 Å². The molecule has 0 fully saturated rings. The molecule has 6 nitrogen and oxygen atoms in total. The lowest BCUT2D eigenvalue weighted by atomic mass is 10.0. The van der Waals surface area contributed by atoms with Crippen molar-refractivity contribution in [3.05, 3.63) is 60.2 Å². The van der Waals surface area contributed by atoms with Crippen LogP contribution >= 0.6 is 0 Å². The van der Waals surface area contributed by atoms with Crippen molar-refractivity contribution in [2.24, 2.45) is 0 Å². The third-order valence-electron chi connectivity index (χ3n) is 5.19. The summed E-state index contributed by atoms with van der Waals surface area (Å²) in [5.74, 6) is 2.59. The van der Waals surface area contributed by atoms with Crippen LogP contribution in [0.25, 0.3) is 22.0 Å². The van der Waals surface area contributed by atoms with E-state index in [1.54, 1.807) is 21.3 Å². The molecule has 0 saturated heterocycles. The number of anilines is 3. The SMILES string of the molecule is COc1cc(Nc2cc3cccc(-c4ccc(C)c(N)c4)c3[nH]2)cc(OC)c1OC. The van der Waals surface area contributed by atoms with Crippen LogP contribution in [0.15, 0.2) is 54.6 Å². The van der Waals surface area contributed by atoms with E-state index in [4.69, 9.17) is 19.9 Å². The van der Waals surface area contributed by atoms with Crippen LogP contribution in [0.3, 0.4) is 0 Å². The molecule has 0 aliphatic carbocycles. The summed E-state index contributed by atoms with van der Waals surface area (Å²) in [6.07, 6.45) is 0. The van der Waals surface area contributed by atoms with Gasteiger partial charge in [-0.15, -0.1) is 0 Å². The number of rotatable bonds is 6. The van der Waals surface area contributed by atoms with E-state index in [1.165, 1.54) is 0 Å². The number of nitrogen functional groups attached to an aromatic ring is 1. The fraction of sp³-hybridized carbons (Fsp3) is 0.167. The van der Waals surface area contributed by atoms with E-state index >= 15 is 0 Å². The second-order valence-electron chi connectivity index (χ2n) is 7.06. The molecule has 4 aromatic rings. The molecular weight excluding hydrogens is 378 g/mol. The first kappa shape index (κ1) is 19.5. The Hall–Kier alpha value is -3.80. The van der Waals surface area contributed by atoms with Gasteiger partial charge in [0.1, 0.15) is 5.82 Å². The van der Waals surface area contributed by atoms with Crippen LogP contribution < -0.4 is 25.3 Å². The predicted molar refractivity (Wildman–Crippen MR) is 122 cm³/mol. The van der Waals surface area contributed by atoms with Crippen molar-refractivity contribution in [1.29, 1.82) is 0 Å². The molecule has 1 heterocycles. The highest BCUT2D eigenvalue weighted by atomic mass is 16.5. The van der Waals surface area contributed by atoms with Gasteiger partial charge in [-0.2, -0.15) is 0 Å². The van der Waals surface area contributed by atoms with E-state index in [0.717, 1.165) is 44.8 Å². The molecule has 0 aliphatic rings. The Bertz CT molecular complexity index is 1190. The number of hydrogen-bond acceptors (Lipinski definition) is 5. The van der Waals surface area contributed by atoms with E-state index in [2.05, 4.69) is 34.6 Å². The van der Waals surface area contributed by atoms with E-state index < -0.39 is 0 Å². The molecule has 0 radical (unpaired) electrons. The molecule has 6 heteroatoms. The van der Waals surface area contributed by atoms with Crippen LogP contribution in [0.4, 0.5) is 17.2 Å². The zero-order chi connectivity index (χ0) is 21.3. The predicted octanol–water partition coefficient (Wildman–Crippen LogP) is 5.49. The number of fused-ring (bicyclic) bond motifs is 1. The van der Waals surface area contributed by atoms with Gasteiger partial charge >= 0.3 is 0 Å². The molecule has 4 rings (SSSR count). The van der Waals surface area contributed by atoms with Gasteiger partial charge < -0.3 is 30.2 Å². The second-order valence-corrected chi connectivity index (χ2v) is 7.06. The van der Waals surface area contributed by atoms with Gasteiger partial charge in [0.05, 0.1) is 26.8 Å². The number of hydrogen-bond donors (Lipinski definition) is 3. The van der Waals surface area contributed by atoms with Crippen molar-refractivity contribution >= 4 is 28.1 Å². The van der Waals surface area contributed by atoms with E-state index in [0.29, 0.717) is 17.2 Å². The van der Waals surface area contributed by atoms with Crippen LogP contribution in [0.2, 0.25) is 0 Å². The number of nitrogens with one attached hydrogen (secondary N) is 2. The molecular formula is C24H25N3O3. The molecule has 30 heavy (non-hydrogen) atoms. The Morgan fingerprint density at radius 1 is 0.867 bits per heavy atom. The molecule has 0 spiro atoms. The average Bonchev–Trinajstić information content (AvgIpc) is 3.17. The summed E-state index contributed by atoms with van der Waals surface area (Å²) < 4.78 is 16.3. The van der Waals surface area contributed by atoms with Crippen LogP contribution in [0.1, 0.15) is 5.56 Å². The molecule has 0 unspecified atom stereocenters. The molecule has 4 N–H and O–H groups in total. The van der Waals surface area contributed by atoms with Crippen molar-refractivity contribution in [2.75, 3.05) is 32.4 Å². The molecule has 0 amide bonds. The highest BCUT2D eigenvalue weighted by Gasteiger charge is 2.14. The van der Waals surface area contributed by atoms with Gasteiger partial charge in [-0.25, -0.2) is 0 Å². The number of aryl methyl sites for hydroxylation is 1. The topological polar surface area (TPSA) is 81.5 Å². The maximum Gasteiger partial charge on any atom is 0.203 e. The summed E-state index contributed by atoms with van der Waals surface area (Å²) in [6, 6.07) is 18.2. The standard InChI is InChI=1S/C24H25N3O3/c1-14-8-9-15(10-19(14)25)18-7-5-6-16-11-22(27-23(16)18)26-17-12-20(28-2)24(30-4)21(13-17)29-3/h5-13,26-27H,25H2,1-4H3. The van der Waals surface area contributed by atoms with Crippen LogP contribution in [0.5, 0.6) is 17.2 Å². The summed E-state index contributed by atoms with van der Waals surface area (Å²) in [5.41, 5.74) is 12.0. The quantitative estimate of drug-likeness (QED) is 0.371. The first-order valence-electron chi connectivity index (χ1n) is 9.59. The van der Waals surface area contributed by atoms with Crippen molar-refractivity contribution in [3.8, 4) is 28.4 Å². The molecule has 3 aromatic carbocycles. The van der Waals surface area contributed by atoms with E-state index in [1.807, 2.05) is 37.3 Å². The molecule has 0 bridgehead atoms. The largest absolute Gasteiger partial charge is 0.493 e. The zero-order valence-corrected chi connectivity index (χ0v) is 17.5. The van der Waals surface area contributed by atoms with Gasteiger partial charge in [0.25, 0.3) is 0 Å². The van der Waals surface area contributed by atoms with Crippen molar-refractivity contribution < 1.29 is 14.2 Å². The van der Waals surface area contributed by atoms with Crippen molar-refractivity contribution in [1.82, 2.24) is 4.98 Å². The molecule has 154 valence electrons. The van der Waals surface area contributed by atoms with Crippen molar-refractivity contribution in [3.63, 3.8) is 0 Å². The number of methoxy groups -OCH3 is 3. The Morgan fingerprint density at radius 2 is 1.60 bits per heavy atom. The van der Waals surface area contributed by atoms with Crippen LogP contribution in [0, 0.1) is 6.92 Å². The lowest BCUT2D eigenvalue weighted by molar-refractivity contribution is 0.324. The number of H-pyrrole nitrogens is 1. The minimum Gasteiger partial charge on any atom is -0.493 e. The lowest BCUT2D eigenvalue weighted by Gasteiger charge is -2.14. The minimum atomic E-state index is 0.557. The number of para-hydroxylation sites is 1. The van der Waals surface area contributed by atoms with Gasteiger partial charge in [-0.3, -0.25) is 0 Å². The third kappa shape index (κ3) is 3.48. The average molecular weight is 403 g/mol. The highest BCUT2D eigenvalue weighted by Crippen LogP contribution is 2.41. The summed E-state index contributed by atoms with van der Waals surface area (Å²) in [6.45, 7) is 2.01.